The summed E-state index contributed by atoms with van der Waals surface area (Å²) in [5.74, 6) is -0.134. The lowest BCUT2D eigenvalue weighted by molar-refractivity contribution is -0.401. The lowest BCUT2D eigenvalue weighted by atomic mass is 9.67. The maximum absolute atomic E-state index is 5.12. The van der Waals surface area contributed by atoms with Crippen molar-refractivity contribution in [3.63, 3.8) is 0 Å². The lowest BCUT2D eigenvalue weighted by Gasteiger charge is -2.36. The number of allylic oxidation sites excluding steroid dienone is 9. The maximum Gasteiger partial charge on any atom is 0.210 e. The first-order valence-corrected chi connectivity index (χ1v) is 36.1. The average molecular weight is 1310 g/mol. The van der Waals surface area contributed by atoms with E-state index >= 15 is 0 Å². The summed E-state index contributed by atoms with van der Waals surface area (Å²) in [5, 5.41) is 10.2. The standard InChI is InChI=1S/C98H88N3/c1-67-61-82(78-50-29-31-52-80(78)91(67)95(3,63-69-36-15-10-16-37-69)68(2)35-33-54-87-96(4,64-70-38-17-11-18-39-70)92-76-48-27-25-44-73(76)57-59-84(92)99(87)7)90(75-46-23-14-24-47-75)83-62-86-94(81-53-32-30-51-79(81)83)98(6,66-72-42-21-13-22-43-72)89(101(86)9)56-34-55-88-97(5,65-71-40-19-12-20-41-71)93-77-49-28-26-45-74(77)58-60-85(93)100(88)8/h10-62,90H,2,63-66H2,1,3-9H3/q+1/b35-33+,87-54+. The average Bonchev–Trinajstić information content (AvgIpc) is 1.06. The van der Waals surface area contributed by atoms with Gasteiger partial charge < -0.3 is 9.80 Å². The molecule has 101 heavy (non-hydrogen) atoms. The molecule has 13 aromatic rings. The number of likely N-dealkylation sites (N-methyl/N-ethyl adjacent to an activating group) is 2. The van der Waals surface area contributed by atoms with Crippen LogP contribution in [0, 0.1) is 6.92 Å². The van der Waals surface area contributed by atoms with Gasteiger partial charge in [0, 0.05) is 76.7 Å². The molecule has 0 fully saturated rings. The van der Waals surface area contributed by atoms with Gasteiger partial charge in [-0.05, 0) is 188 Å². The Morgan fingerprint density at radius 2 is 0.851 bits per heavy atom. The van der Waals surface area contributed by atoms with Crippen molar-refractivity contribution in [3.8, 4) is 0 Å². The zero-order chi connectivity index (χ0) is 69.2. The van der Waals surface area contributed by atoms with Crippen molar-refractivity contribution in [3.05, 3.63) is 412 Å². The highest BCUT2D eigenvalue weighted by molar-refractivity contribution is 6.09. The fraction of sp³-hybridized carbons (Fsp3) is 0.173. The van der Waals surface area contributed by atoms with Crippen molar-refractivity contribution in [2.75, 3.05) is 30.9 Å². The second-order valence-electron chi connectivity index (χ2n) is 29.7. The summed E-state index contributed by atoms with van der Waals surface area (Å²) in [4.78, 5) is 4.88. The van der Waals surface area contributed by atoms with Gasteiger partial charge in [0.1, 0.15) is 7.05 Å². The number of nitrogens with zero attached hydrogens (tertiary/aromatic N) is 3. The third-order valence-electron chi connectivity index (χ3n) is 23.3. The Morgan fingerprint density at radius 1 is 0.446 bits per heavy atom. The quantitative estimate of drug-likeness (QED) is 0.0511. The Bertz CT molecular complexity index is 5540. The predicted molar refractivity (Wildman–Crippen MR) is 429 cm³/mol. The van der Waals surface area contributed by atoms with Crippen molar-refractivity contribution in [1.29, 1.82) is 0 Å². The largest absolute Gasteiger partial charge is 0.347 e. The van der Waals surface area contributed by atoms with Crippen LogP contribution in [0.3, 0.4) is 0 Å². The molecule has 3 heterocycles. The zero-order valence-electron chi connectivity index (χ0n) is 59.6. The number of benzene rings is 13. The molecule has 0 bridgehead atoms. The molecule has 3 nitrogen and oxygen atoms in total. The van der Waals surface area contributed by atoms with E-state index in [1.165, 1.54) is 144 Å². The van der Waals surface area contributed by atoms with Crippen LogP contribution in [0.2, 0.25) is 0 Å². The molecule has 0 aromatic heterocycles. The van der Waals surface area contributed by atoms with E-state index in [1.54, 1.807) is 0 Å². The van der Waals surface area contributed by atoms with Crippen molar-refractivity contribution >= 4 is 65.9 Å². The van der Waals surface area contributed by atoms with Gasteiger partial charge in [-0.1, -0.05) is 299 Å². The van der Waals surface area contributed by atoms with E-state index in [1.807, 2.05) is 0 Å². The monoisotopic (exact) mass is 1310 g/mol. The molecule has 0 N–H and O–H groups in total. The fourth-order valence-electron chi connectivity index (χ4n) is 18.8. The molecular weight excluding hydrogens is 1220 g/mol. The highest BCUT2D eigenvalue weighted by atomic mass is 15.2. The Kier molecular flexibility index (Phi) is 16.5. The Labute approximate surface area is 597 Å². The van der Waals surface area contributed by atoms with Gasteiger partial charge in [0.15, 0.2) is 5.71 Å². The molecule has 5 atom stereocenters. The smallest absolute Gasteiger partial charge is 0.210 e. The van der Waals surface area contributed by atoms with Crippen molar-refractivity contribution in [2.24, 2.45) is 0 Å². The van der Waals surface area contributed by atoms with Gasteiger partial charge >= 0.3 is 0 Å². The van der Waals surface area contributed by atoms with Crippen LogP contribution in [-0.2, 0) is 47.3 Å². The van der Waals surface area contributed by atoms with Crippen molar-refractivity contribution in [1.82, 2.24) is 0 Å². The van der Waals surface area contributed by atoms with Crippen LogP contribution in [0.5, 0.6) is 0 Å². The summed E-state index contributed by atoms with van der Waals surface area (Å²) in [6.07, 6.45) is 17.6. The minimum atomic E-state index is -0.525. The van der Waals surface area contributed by atoms with Gasteiger partial charge in [0.2, 0.25) is 5.69 Å². The van der Waals surface area contributed by atoms with Gasteiger partial charge in [0.25, 0.3) is 0 Å². The molecule has 0 saturated carbocycles. The molecule has 3 aliphatic heterocycles. The SMILES string of the molecule is C=C(/C=C/C=C1/N(C)c2ccc3ccccc3c2C1(C)Cc1ccccc1)C(C)(Cc1ccccc1)c1c(C)cc(C(c2ccccc2)c2cc3c(c4ccccc24)C(C)(Cc2ccccc2)C(/C=C/C=C2/N(C)c4ccc5ccccc5c4C2(C)Cc2ccccc2)=[N+]3C)c2ccccc12. The predicted octanol–water partition coefficient (Wildman–Crippen LogP) is 23.3. The molecule has 3 heteroatoms. The minimum Gasteiger partial charge on any atom is -0.347 e. The topological polar surface area (TPSA) is 9.49 Å². The summed E-state index contributed by atoms with van der Waals surface area (Å²) in [7, 11) is 6.82. The molecule has 13 aromatic carbocycles. The molecule has 0 saturated heterocycles. The van der Waals surface area contributed by atoms with E-state index in [2.05, 4.69) is 392 Å². The zero-order valence-corrected chi connectivity index (χ0v) is 59.6. The molecule has 3 aliphatic rings. The molecule has 0 spiro atoms. The van der Waals surface area contributed by atoms with E-state index in [4.69, 9.17) is 6.58 Å². The van der Waals surface area contributed by atoms with E-state index < -0.39 is 10.8 Å². The highest BCUT2D eigenvalue weighted by Crippen LogP contribution is 2.56. The van der Waals surface area contributed by atoms with E-state index in [9.17, 15) is 0 Å². The van der Waals surface area contributed by atoms with Crippen LogP contribution in [-0.4, -0.2) is 31.4 Å². The Balaban J connectivity index is 0.837. The van der Waals surface area contributed by atoms with Crippen LogP contribution >= 0.6 is 0 Å². The van der Waals surface area contributed by atoms with Crippen LogP contribution in [0.1, 0.15) is 100 Å². The van der Waals surface area contributed by atoms with Gasteiger partial charge in [0.05, 0.1) is 5.41 Å². The van der Waals surface area contributed by atoms with Crippen LogP contribution in [0.4, 0.5) is 17.1 Å². The first-order valence-electron chi connectivity index (χ1n) is 36.1. The first kappa shape index (κ1) is 64.5. The van der Waals surface area contributed by atoms with Gasteiger partial charge in [-0.2, -0.15) is 4.58 Å². The minimum absolute atomic E-state index is 0.134. The number of hydrogen-bond donors (Lipinski definition) is 0. The second kappa shape index (κ2) is 25.9. The van der Waals surface area contributed by atoms with Crippen LogP contribution < -0.4 is 9.80 Å². The fourth-order valence-corrected chi connectivity index (χ4v) is 18.8. The van der Waals surface area contributed by atoms with E-state index in [0.717, 1.165) is 31.3 Å². The molecule has 16 rings (SSSR count). The lowest BCUT2D eigenvalue weighted by Crippen LogP contribution is -2.33. The molecule has 0 radical (unpaired) electrons. The van der Waals surface area contributed by atoms with Crippen LogP contribution in [0.25, 0.3) is 43.1 Å². The Morgan fingerprint density at radius 3 is 1.37 bits per heavy atom. The highest BCUT2D eigenvalue weighted by Gasteiger charge is 2.50. The number of hydrogen-bond acceptors (Lipinski definition) is 2. The van der Waals surface area contributed by atoms with E-state index in [0.29, 0.717) is 0 Å². The third kappa shape index (κ3) is 11.0. The summed E-state index contributed by atoms with van der Waals surface area (Å²) in [6, 6.07) is 106. The normalized spacial score (nSPS) is 19.7. The number of fused-ring (bicyclic) bond motifs is 10. The molecule has 0 amide bonds. The summed E-state index contributed by atoms with van der Waals surface area (Å²) < 4.78 is 2.53. The number of aryl methyl sites for hydroxylation is 1. The second-order valence-corrected chi connectivity index (χ2v) is 29.7. The van der Waals surface area contributed by atoms with Gasteiger partial charge in [-0.15, -0.1) is 0 Å². The number of rotatable bonds is 17. The summed E-state index contributed by atoms with van der Waals surface area (Å²) >= 11 is 0. The van der Waals surface area contributed by atoms with Gasteiger partial charge in [-0.3, -0.25) is 0 Å². The van der Waals surface area contributed by atoms with E-state index in [-0.39, 0.29) is 16.7 Å². The van der Waals surface area contributed by atoms with Gasteiger partial charge in [-0.25, -0.2) is 0 Å². The molecule has 494 valence electrons. The van der Waals surface area contributed by atoms with Crippen molar-refractivity contribution in [2.45, 2.75) is 87.9 Å². The molecular formula is C98H88N3+. The third-order valence-corrected chi connectivity index (χ3v) is 23.3. The first-order chi connectivity index (χ1) is 49.2. The number of anilines is 2. The Hall–Kier alpha value is -11.1. The summed E-state index contributed by atoms with van der Waals surface area (Å²) in [5.41, 5.74) is 22.8. The summed E-state index contributed by atoms with van der Waals surface area (Å²) in [6.45, 7) is 17.3. The molecule has 5 unspecified atom stereocenters. The maximum atomic E-state index is 5.12. The van der Waals surface area contributed by atoms with Crippen LogP contribution in [0.15, 0.2) is 345 Å². The molecule has 0 aliphatic carbocycles. The van der Waals surface area contributed by atoms with Crippen molar-refractivity contribution < 1.29 is 4.58 Å².